The zero-order valence-corrected chi connectivity index (χ0v) is 13.4. The molecule has 1 amide bonds. The molecule has 0 radical (unpaired) electrons. The van der Waals surface area contributed by atoms with Crippen LogP contribution in [0.5, 0.6) is 0 Å². The normalized spacial score (nSPS) is 9.92. The molecule has 0 unspecified atom stereocenters. The van der Waals surface area contributed by atoms with Crippen molar-refractivity contribution in [1.29, 1.82) is 0 Å². The summed E-state index contributed by atoms with van der Waals surface area (Å²) in [6, 6.07) is 9.22. The number of anilines is 1. The fourth-order valence-electron chi connectivity index (χ4n) is 1.86. The molecule has 0 aliphatic heterocycles. The van der Waals surface area contributed by atoms with Crippen LogP contribution >= 0.6 is 0 Å². The third-order valence-electron chi connectivity index (χ3n) is 2.86. The van der Waals surface area contributed by atoms with Gasteiger partial charge in [-0.2, -0.15) is 0 Å². The lowest BCUT2D eigenvalue weighted by Gasteiger charge is -2.04. The van der Waals surface area contributed by atoms with Gasteiger partial charge in [0.25, 0.3) is 5.91 Å². The van der Waals surface area contributed by atoms with Crippen LogP contribution in [-0.2, 0) is 0 Å². The lowest BCUT2D eigenvalue weighted by atomic mass is 10.2. The van der Waals surface area contributed by atoms with Gasteiger partial charge in [-0.05, 0) is 18.2 Å². The van der Waals surface area contributed by atoms with Gasteiger partial charge in [-0.1, -0.05) is 20.3 Å². The second kappa shape index (κ2) is 7.92. The molecule has 2 aromatic heterocycles. The van der Waals surface area contributed by atoms with Gasteiger partial charge < -0.3 is 14.2 Å². The number of amides is 1. The Bertz CT molecular complexity index is 907. The zero-order chi connectivity index (χ0) is 17.5. The predicted octanol–water partition coefficient (Wildman–Crippen LogP) is 3.87. The Morgan fingerprint density at radius 1 is 1.17 bits per heavy atom. The van der Waals surface area contributed by atoms with Gasteiger partial charge in [-0.3, -0.25) is 9.59 Å². The van der Waals surface area contributed by atoms with Gasteiger partial charge in [0.15, 0.2) is 12.0 Å². The van der Waals surface area contributed by atoms with Gasteiger partial charge in [0.1, 0.15) is 11.8 Å². The number of furan rings is 1. The summed E-state index contributed by atoms with van der Waals surface area (Å²) in [5, 5.41) is 3.34. The third kappa shape index (κ3) is 4.19. The number of benzene rings is 1. The second-order valence-corrected chi connectivity index (χ2v) is 5.03. The van der Waals surface area contributed by atoms with Gasteiger partial charge in [0, 0.05) is 29.3 Å². The Kier molecular flexibility index (Phi) is 5.68. The SMILES string of the molecule is CCC.O=Cc1coc(C(=O)Nc2ccc3ccc(=O)oc3c2)c1. The summed E-state index contributed by atoms with van der Waals surface area (Å²) in [5.41, 5.74) is 0.636. The Labute approximate surface area is 138 Å². The van der Waals surface area contributed by atoms with E-state index >= 15 is 0 Å². The van der Waals surface area contributed by atoms with Crippen LogP contribution in [0.15, 0.2) is 56.3 Å². The number of hydrogen-bond donors (Lipinski definition) is 1. The van der Waals surface area contributed by atoms with Crippen molar-refractivity contribution in [3.63, 3.8) is 0 Å². The van der Waals surface area contributed by atoms with Crippen molar-refractivity contribution in [3.8, 4) is 0 Å². The molecule has 24 heavy (non-hydrogen) atoms. The first kappa shape index (κ1) is 17.2. The number of rotatable bonds is 3. The van der Waals surface area contributed by atoms with Crippen molar-refractivity contribution in [2.24, 2.45) is 0 Å². The molecule has 0 spiro atoms. The highest BCUT2D eigenvalue weighted by molar-refractivity contribution is 6.03. The fraction of sp³-hybridized carbons (Fsp3) is 0.167. The summed E-state index contributed by atoms with van der Waals surface area (Å²) in [7, 11) is 0. The summed E-state index contributed by atoms with van der Waals surface area (Å²) in [6.45, 7) is 4.25. The molecule has 0 atom stereocenters. The largest absolute Gasteiger partial charge is 0.458 e. The van der Waals surface area contributed by atoms with Crippen molar-refractivity contribution < 1.29 is 18.4 Å². The van der Waals surface area contributed by atoms with Crippen molar-refractivity contribution in [1.82, 2.24) is 0 Å². The maximum absolute atomic E-state index is 11.9. The molecule has 3 rings (SSSR count). The van der Waals surface area contributed by atoms with E-state index in [0.717, 1.165) is 5.39 Å². The van der Waals surface area contributed by atoms with Crippen molar-refractivity contribution in [2.45, 2.75) is 20.3 Å². The quantitative estimate of drug-likeness (QED) is 0.582. The molecule has 0 aliphatic rings. The van der Waals surface area contributed by atoms with Crippen LogP contribution in [0.25, 0.3) is 11.0 Å². The van der Waals surface area contributed by atoms with E-state index in [0.29, 0.717) is 17.6 Å². The fourth-order valence-corrected chi connectivity index (χ4v) is 1.86. The maximum atomic E-state index is 11.9. The van der Waals surface area contributed by atoms with E-state index in [1.165, 1.54) is 30.9 Å². The summed E-state index contributed by atoms with van der Waals surface area (Å²) in [4.78, 5) is 33.7. The van der Waals surface area contributed by atoms with Gasteiger partial charge >= 0.3 is 5.63 Å². The Morgan fingerprint density at radius 3 is 2.54 bits per heavy atom. The Balaban J connectivity index is 0.000000647. The minimum Gasteiger partial charge on any atom is -0.458 e. The molecule has 0 fully saturated rings. The number of aldehydes is 1. The van der Waals surface area contributed by atoms with Crippen molar-refractivity contribution in [3.05, 3.63) is 64.4 Å². The number of hydrogen-bond acceptors (Lipinski definition) is 5. The van der Waals surface area contributed by atoms with Gasteiger partial charge in [0.2, 0.25) is 0 Å². The Hall–Kier alpha value is -3.15. The molecule has 3 aromatic rings. The molecule has 0 bridgehead atoms. The average Bonchev–Trinajstić information content (AvgIpc) is 3.04. The van der Waals surface area contributed by atoms with Gasteiger partial charge in [-0.25, -0.2) is 4.79 Å². The number of carbonyl (C=O) groups is 2. The zero-order valence-electron chi connectivity index (χ0n) is 13.4. The van der Waals surface area contributed by atoms with Crippen LogP contribution < -0.4 is 10.9 Å². The molecule has 0 saturated carbocycles. The molecule has 2 heterocycles. The monoisotopic (exact) mass is 327 g/mol. The van der Waals surface area contributed by atoms with Gasteiger partial charge in [-0.15, -0.1) is 0 Å². The molecule has 124 valence electrons. The highest BCUT2D eigenvalue weighted by Gasteiger charge is 2.11. The van der Waals surface area contributed by atoms with E-state index in [9.17, 15) is 14.4 Å². The number of fused-ring (bicyclic) bond motifs is 1. The predicted molar refractivity (Wildman–Crippen MR) is 90.5 cm³/mol. The molecule has 0 saturated heterocycles. The van der Waals surface area contributed by atoms with Gasteiger partial charge in [0.05, 0.1) is 5.56 Å². The molecule has 1 N–H and O–H groups in total. The van der Waals surface area contributed by atoms with Crippen LogP contribution in [-0.4, -0.2) is 12.2 Å². The summed E-state index contributed by atoms with van der Waals surface area (Å²) < 4.78 is 10.0. The molecule has 6 heteroatoms. The summed E-state index contributed by atoms with van der Waals surface area (Å²) in [5.74, 6) is -0.479. The number of nitrogens with one attached hydrogen (secondary N) is 1. The van der Waals surface area contributed by atoms with E-state index in [1.807, 2.05) is 0 Å². The average molecular weight is 327 g/mol. The maximum Gasteiger partial charge on any atom is 0.336 e. The first-order valence-corrected chi connectivity index (χ1v) is 7.46. The van der Waals surface area contributed by atoms with E-state index in [-0.39, 0.29) is 11.3 Å². The van der Waals surface area contributed by atoms with Crippen LogP contribution in [0.3, 0.4) is 0 Å². The smallest absolute Gasteiger partial charge is 0.336 e. The topological polar surface area (TPSA) is 89.5 Å². The first-order chi connectivity index (χ1) is 11.6. The van der Waals surface area contributed by atoms with Crippen LogP contribution in [0.2, 0.25) is 0 Å². The standard InChI is InChI=1S/C15H9NO5.C3H8/c17-7-9-5-13(20-8-9)15(19)16-11-3-1-10-2-4-14(18)21-12(10)6-11;1-3-2/h1-8H,(H,16,19);3H2,1-2H3. The minimum atomic E-state index is -0.499. The number of carbonyl (C=O) groups excluding carboxylic acids is 2. The Morgan fingerprint density at radius 2 is 1.88 bits per heavy atom. The molecule has 6 nitrogen and oxygen atoms in total. The van der Waals surface area contributed by atoms with E-state index < -0.39 is 11.5 Å². The van der Waals surface area contributed by atoms with Crippen molar-refractivity contribution in [2.75, 3.05) is 5.32 Å². The lowest BCUT2D eigenvalue weighted by Crippen LogP contribution is -2.10. The minimum absolute atomic E-state index is 0.0201. The van der Waals surface area contributed by atoms with Crippen molar-refractivity contribution >= 4 is 28.8 Å². The summed E-state index contributed by atoms with van der Waals surface area (Å²) in [6.07, 6.45) is 3.03. The summed E-state index contributed by atoms with van der Waals surface area (Å²) >= 11 is 0. The molecule has 0 aliphatic carbocycles. The first-order valence-electron chi connectivity index (χ1n) is 7.46. The molecule has 1 aromatic carbocycles. The van der Waals surface area contributed by atoms with Crippen LogP contribution in [0.1, 0.15) is 41.2 Å². The van der Waals surface area contributed by atoms with E-state index in [1.54, 1.807) is 18.2 Å². The van der Waals surface area contributed by atoms with E-state index in [4.69, 9.17) is 8.83 Å². The highest BCUT2D eigenvalue weighted by atomic mass is 16.4. The van der Waals surface area contributed by atoms with Crippen LogP contribution in [0, 0.1) is 0 Å². The second-order valence-electron chi connectivity index (χ2n) is 5.03. The lowest BCUT2D eigenvalue weighted by molar-refractivity contribution is 0.0996. The third-order valence-corrected chi connectivity index (χ3v) is 2.86. The molecular weight excluding hydrogens is 310 g/mol. The van der Waals surface area contributed by atoms with Crippen LogP contribution in [0.4, 0.5) is 5.69 Å². The highest BCUT2D eigenvalue weighted by Crippen LogP contribution is 2.18. The molecular formula is C18H17NO5. The van der Waals surface area contributed by atoms with E-state index in [2.05, 4.69) is 19.2 Å².